The predicted octanol–water partition coefficient (Wildman–Crippen LogP) is 1.64. The summed E-state index contributed by atoms with van der Waals surface area (Å²) in [6.45, 7) is 4.29. The molecule has 2 aliphatic heterocycles. The van der Waals surface area contributed by atoms with Crippen molar-refractivity contribution in [2.75, 3.05) is 20.1 Å². The molecule has 1 saturated heterocycles. The zero-order valence-corrected chi connectivity index (χ0v) is 8.55. The molecule has 1 unspecified atom stereocenters. The Morgan fingerprint density at radius 2 is 2.31 bits per heavy atom. The summed E-state index contributed by atoms with van der Waals surface area (Å²) in [5, 5.41) is 4.08. The monoisotopic (exact) mass is 182 g/mol. The molecule has 0 aromatic heterocycles. The maximum atomic E-state index is 5.59. The third kappa shape index (κ3) is 1.85. The lowest BCUT2D eigenvalue weighted by Gasteiger charge is -2.28. The first-order chi connectivity index (χ1) is 6.20. The Hall–Kier alpha value is -0.570. The molecule has 0 saturated carbocycles. The molecule has 3 heteroatoms. The van der Waals surface area contributed by atoms with Crippen LogP contribution in [-0.4, -0.2) is 36.3 Å². The molecule has 0 amide bonds. The second-order valence-corrected chi connectivity index (χ2v) is 4.47. The number of likely N-dealkylation sites (tertiary alicyclic amines) is 1. The van der Waals surface area contributed by atoms with Gasteiger partial charge in [0.1, 0.15) is 0 Å². The molecule has 2 heterocycles. The van der Waals surface area contributed by atoms with Gasteiger partial charge in [-0.15, -0.1) is 0 Å². The van der Waals surface area contributed by atoms with Gasteiger partial charge in [-0.2, -0.15) is 0 Å². The van der Waals surface area contributed by atoms with Crippen LogP contribution in [0.15, 0.2) is 5.16 Å². The van der Waals surface area contributed by atoms with Gasteiger partial charge in [-0.1, -0.05) is 5.16 Å². The highest BCUT2D eigenvalue weighted by atomic mass is 16.7. The molecule has 0 N–H and O–H groups in total. The Kier molecular flexibility index (Phi) is 2.28. The van der Waals surface area contributed by atoms with E-state index >= 15 is 0 Å². The molecule has 1 spiro atoms. The van der Waals surface area contributed by atoms with E-state index in [1.165, 1.54) is 19.4 Å². The van der Waals surface area contributed by atoms with Crippen LogP contribution >= 0.6 is 0 Å². The first-order valence-electron chi connectivity index (χ1n) is 5.10. The summed E-state index contributed by atoms with van der Waals surface area (Å²) in [6, 6.07) is 0. The van der Waals surface area contributed by atoms with Crippen molar-refractivity contribution >= 4 is 5.71 Å². The van der Waals surface area contributed by atoms with Gasteiger partial charge < -0.3 is 9.74 Å². The minimum atomic E-state index is 0.0231. The molecule has 3 nitrogen and oxygen atoms in total. The van der Waals surface area contributed by atoms with Crippen LogP contribution in [0.5, 0.6) is 0 Å². The lowest BCUT2D eigenvalue weighted by Crippen LogP contribution is -2.39. The highest BCUT2D eigenvalue weighted by Crippen LogP contribution is 2.32. The Balaban J connectivity index is 2.05. The van der Waals surface area contributed by atoms with E-state index in [2.05, 4.69) is 24.0 Å². The van der Waals surface area contributed by atoms with Crippen molar-refractivity contribution in [2.24, 2.45) is 5.16 Å². The summed E-state index contributed by atoms with van der Waals surface area (Å²) in [4.78, 5) is 7.95. The van der Waals surface area contributed by atoms with E-state index in [-0.39, 0.29) is 5.60 Å². The van der Waals surface area contributed by atoms with Crippen LogP contribution in [-0.2, 0) is 4.84 Å². The van der Waals surface area contributed by atoms with Gasteiger partial charge in [0.2, 0.25) is 0 Å². The van der Waals surface area contributed by atoms with Gasteiger partial charge in [0, 0.05) is 13.0 Å². The van der Waals surface area contributed by atoms with Crippen molar-refractivity contribution in [3.8, 4) is 0 Å². The summed E-state index contributed by atoms with van der Waals surface area (Å²) in [5.74, 6) is 0. The van der Waals surface area contributed by atoms with Crippen LogP contribution in [0.4, 0.5) is 0 Å². The van der Waals surface area contributed by atoms with Crippen LogP contribution in [0.1, 0.15) is 32.6 Å². The van der Waals surface area contributed by atoms with E-state index in [4.69, 9.17) is 4.84 Å². The highest BCUT2D eigenvalue weighted by molar-refractivity contribution is 5.83. The van der Waals surface area contributed by atoms with Gasteiger partial charge in [0.25, 0.3) is 0 Å². The lowest BCUT2D eigenvalue weighted by molar-refractivity contribution is -0.0375. The zero-order valence-electron chi connectivity index (χ0n) is 8.55. The van der Waals surface area contributed by atoms with E-state index in [1.54, 1.807) is 0 Å². The number of rotatable bonds is 0. The summed E-state index contributed by atoms with van der Waals surface area (Å²) < 4.78 is 0. The fraction of sp³-hybridized carbons (Fsp3) is 0.900. The molecule has 0 bridgehead atoms. The average molecular weight is 182 g/mol. The third-order valence-corrected chi connectivity index (χ3v) is 2.95. The molecular weight excluding hydrogens is 164 g/mol. The summed E-state index contributed by atoms with van der Waals surface area (Å²) in [6.07, 6.45) is 4.75. The number of hydrogen-bond donors (Lipinski definition) is 0. The Morgan fingerprint density at radius 3 is 3.00 bits per heavy atom. The minimum absolute atomic E-state index is 0.0231. The van der Waals surface area contributed by atoms with Crippen molar-refractivity contribution in [1.82, 2.24) is 4.90 Å². The van der Waals surface area contributed by atoms with E-state index in [0.29, 0.717) is 0 Å². The SMILES string of the molecule is CC1=NOC2(CCCCN(C)C2)C1. The van der Waals surface area contributed by atoms with E-state index in [9.17, 15) is 0 Å². The normalized spacial score (nSPS) is 35.7. The van der Waals surface area contributed by atoms with Crippen molar-refractivity contribution < 1.29 is 4.84 Å². The molecule has 1 fully saturated rings. The maximum absolute atomic E-state index is 5.59. The number of hydrogen-bond acceptors (Lipinski definition) is 3. The Labute approximate surface area is 79.7 Å². The highest BCUT2D eigenvalue weighted by Gasteiger charge is 2.39. The maximum Gasteiger partial charge on any atom is 0.155 e. The molecule has 2 aliphatic rings. The standard InChI is InChI=1S/C10H18N2O/c1-9-7-10(13-11-9)5-3-4-6-12(2)8-10/h3-8H2,1-2H3. The van der Waals surface area contributed by atoms with Crippen LogP contribution in [0.25, 0.3) is 0 Å². The first kappa shape index (κ1) is 9.00. The second-order valence-electron chi connectivity index (χ2n) is 4.47. The van der Waals surface area contributed by atoms with Gasteiger partial charge in [-0.3, -0.25) is 0 Å². The number of likely N-dealkylation sites (N-methyl/N-ethyl adjacent to an activating group) is 1. The Morgan fingerprint density at radius 1 is 1.46 bits per heavy atom. The van der Waals surface area contributed by atoms with Gasteiger partial charge >= 0.3 is 0 Å². The lowest BCUT2D eigenvalue weighted by atomic mass is 9.92. The van der Waals surface area contributed by atoms with Gasteiger partial charge in [0.05, 0.1) is 5.71 Å². The van der Waals surface area contributed by atoms with E-state index in [1.807, 2.05) is 0 Å². The summed E-state index contributed by atoms with van der Waals surface area (Å²) in [7, 11) is 2.17. The quantitative estimate of drug-likeness (QED) is 0.569. The minimum Gasteiger partial charge on any atom is -0.388 e. The molecule has 1 atom stereocenters. The molecule has 74 valence electrons. The number of nitrogens with zero attached hydrogens (tertiary/aromatic N) is 2. The molecule has 0 aliphatic carbocycles. The fourth-order valence-corrected chi connectivity index (χ4v) is 2.40. The molecule has 0 aromatic carbocycles. The second kappa shape index (κ2) is 3.29. The fourth-order valence-electron chi connectivity index (χ4n) is 2.40. The van der Waals surface area contributed by atoms with Crippen LogP contribution in [0.2, 0.25) is 0 Å². The molecule has 2 rings (SSSR count). The van der Waals surface area contributed by atoms with Crippen LogP contribution in [0, 0.1) is 0 Å². The molecular formula is C10H18N2O. The molecule has 13 heavy (non-hydrogen) atoms. The molecule has 0 aromatic rings. The van der Waals surface area contributed by atoms with E-state index < -0.39 is 0 Å². The van der Waals surface area contributed by atoms with Gasteiger partial charge in [-0.05, 0) is 39.8 Å². The predicted molar refractivity (Wildman–Crippen MR) is 52.9 cm³/mol. The largest absolute Gasteiger partial charge is 0.388 e. The average Bonchev–Trinajstić information content (AvgIpc) is 2.30. The summed E-state index contributed by atoms with van der Waals surface area (Å²) >= 11 is 0. The van der Waals surface area contributed by atoms with Crippen molar-refractivity contribution in [1.29, 1.82) is 0 Å². The first-order valence-corrected chi connectivity index (χ1v) is 5.10. The Bertz CT molecular complexity index is 227. The van der Waals surface area contributed by atoms with Crippen molar-refractivity contribution in [2.45, 2.75) is 38.2 Å². The van der Waals surface area contributed by atoms with Crippen molar-refractivity contribution in [3.05, 3.63) is 0 Å². The van der Waals surface area contributed by atoms with Gasteiger partial charge in [0.15, 0.2) is 5.60 Å². The number of oxime groups is 1. The van der Waals surface area contributed by atoms with Crippen LogP contribution in [0.3, 0.4) is 0 Å². The van der Waals surface area contributed by atoms with E-state index in [0.717, 1.165) is 25.1 Å². The third-order valence-electron chi connectivity index (χ3n) is 2.95. The van der Waals surface area contributed by atoms with Crippen molar-refractivity contribution in [3.63, 3.8) is 0 Å². The smallest absolute Gasteiger partial charge is 0.155 e. The topological polar surface area (TPSA) is 24.8 Å². The summed E-state index contributed by atoms with van der Waals surface area (Å²) in [5.41, 5.74) is 1.17. The zero-order chi connectivity index (χ0) is 9.31. The van der Waals surface area contributed by atoms with Gasteiger partial charge in [-0.25, -0.2) is 0 Å². The van der Waals surface area contributed by atoms with Crippen LogP contribution < -0.4 is 0 Å². The molecule has 0 radical (unpaired) electrons.